The quantitative estimate of drug-likeness (QED) is 0.884. The summed E-state index contributed by atoms with van der Waals surface area (Å²) >= 11 is 0. The molecule has 2 N–H and O–H groups in total. The minimum absolute atomic E-state index is 0.0419. The number of hydrogen-bond donors (Lipinski definition) is 2. The number of anilines is 1. The van der Waals surface area contributed by atoms with Crippen molar-refractivity contribution >= 4 is 17.6 Å². The van der Waals surface area contributed by atoms with Crippen molar-refractivity contribution in [2.75, 3.05) is 5.32 Å². The summed E-state index contributed by atoms with van der Waals surface area (Å²) < 4.78 is 14.5. The molecule has 0 bridgehead atoms. The van der Waals surface area contributed by atoms with Gasteiger partial charge in [-0.05, 0) is 30.5 Å². The Balaban J connectivity index is 1.62. The number of hydrogen-bond acceptors (Lipinski definition) is 3. The van der Waals surface area contributed by atoms with Gasteiger partial charge < -0.3 is 10.6 Å². The van der Waals surface area contributed by atoms with Crippen molar-refractivity contribution in [2.24, 2.45) is 13.0 Å². The molecule has 0 atom stereocenters. The van der Waals surface area contributed by atoms with E-state index in [0.717, 1.165) is 12.8 Å². The SMILES string of the molecule is Cn1nc(C(=O)NCc2cccc(F)c2)cc1NC(=O)C1CC1. The van der Waals surface area contributed by atoms with Crippen molar-refractivity contribution in [3.63, 3.8) is 0 Å². The van der Waals surface area contributed by atoms with E-state index < -0.39 is 0 Å². The summed E-state index contributed by atoms with van der Waals surface area (Å²) in [5, 5.41) is 9.53. The summed E-state index contributed by atoms with van der Waals surface area (Å²) in [5.41, 5.74) is 0.867. The van der Waals surface area contributed by atoms with Crippen molar-refractivity contribution in [2.45, 2.75) is 19.4 Å². The highest BCUT2D eigenvalue weighted by atomic mass is 19.1. The first kappa shape index (κ1) is 15.2. The molecule has 0 spiro atoms. The first-order chi connectivity index (χ1) is 11.0. The molecule has 23 heavy (non-hydrogen) atoms. The van der Waals surface area contributed by atoms with Crippen LogP contribution in [-0.4, -0.2) is 21.6 Å². The lowest BCUT2D eigenvalue weighted by Gasteiger charge is -2.03. The largest absolute Gasteiger partial charge is 0.347 e. The third-order valence-corrected chi connectivity index (χ3v) is 3.65. The van der Waals surface area contributed by atoms with Crippen LogP contribution in [0.3, 0.4) is 0 Å². The fraction of sp³-hybridized carbons (Fsp3) is 0.312. The van der Waals surface area contributed by atoms with Crippen LogP contribution >= 0.6 is 0 Å². The van der Waals surface area contributed by atoms with E-state index in [-0.39, 0.29) is 35.8 Å². The lowest BCUT2D eigenvalue weighted by molar-refractivity contribution is -0.117. The zero-order valence-electron chi connectivity index (χ0n) is 12.7. The summed E-state index contributed by atoms with van der Waals surface area (Å²) in [6, 6.07) is 7.55. The molecule has 0 unspecified atom stereocenters. The maximum Gasteiger partial charge on any atom is 0.272 e. The molecule has 7 heteroatoms. The molecular formula is C16H17FN4O2. The van der Waals surface area contributed by atoms with Crippen molar-refractivity contribution in [3.05, 3.63) is 47.4 Å². The highest BCUT2D eigenvalue weighted by Crippen LogP contribution is 2.30. The second-order valence-corrected chi connectivity index (χ2v) is 5.61. The predicted octanol–water partition coefficient (Wildman–Crippen LogP) is 1.84. The van der Waals surface area contributed by atoms with Crippen LogP contribution in [0.15, 0.2) is 30.3 Å². The normalized spacial score (nSPS) is 13.7. The predicted molar refractivity (Wildman–Crippen MR) is 82.1 cm³/mol. The molecule has 0 saturated heterocycles. The fourth-order valence-corrected chi connectivity index (χ4v) is 2.19. The summed E-state index contributed by atoms with van der Waals surface area (Å²) in [7, 11) is 1.66. The molecule has 3 rings (SSSR count). The number of halogens is 1. The van der Waals surface area contributed by atoms with Gasteiger partial charge in [-0.2, -0.15) is 5.10 Å². The van der Waals surface area contributed by atoms with Gasteiger partial charge in [0.25, 0.3) is 5.91 Å². The Kier molecular flexibility index (Phi) is 4.10. The highest BCUT2D eigenvalue weighted by Gasteiger charge is 2.30. The summed E-state index contributed by atoms with van der Waals surface area (Å²) in [4.78, 5) is 23.9. The Morgan fingerprint density at radius 2 is 2.13 bits per heavy atom. The Hall–Kier alpha value is -2.70. The average Bonchev–Trinajstić information content (AvgIpc) is 3.30. The fourth-order valence-electron chi connectivity index (χ4n) is 2.19. The van der Waals surface area contributed by atoms with Gasteiger partial charge in [-0.15, -0.1) is 0 Å². The molecule has 0 radical (unpaired) electrons. The second-order valence-electron chi connectivity index (χ2n) is 5.61. The molecule has 6 nitrogen and oxygen atoms in total. The first-order valence-electron chi connectivity index (χ1n) is 7.40. The number of rotatable bonds is 5. The van der Waals surface area contributed by atoms with Crippen LogP contribution in [-0.2, 0) is 18.4 Å². The standard InChI is InChI=1S/C16H17FN4O2/c1-21-14(19-15(22)11-5-6-11)8-13(20-21)16(23)18-9-10-3-2-4-12(17)7-10/h2-4,7-8,11H,5-6,9H2,1H3,(H,18,23)(H,19,22). The van der Waals surface area contributed by atoms with Gasteiger partial charge in [-0.3, -0.25) is 14.3 Å². The topological polar surface area (TPSA) is 76.0 Å². The zero-order chi connectivity index (χ0) is 16.4. The molecule has 1 aromatic heterocycles. The average molecular weight is 316 g/mol. The Bertz CT molecular complexity index is 752. The molecule has 1 saturated carbocycles. The lowest BCUT2D eigenvalue weighted by atomic mass is 10.2. The second kappa shape index (κ2) is 6.20. The van der Waals surface area contributed by atoms with Crippen LogP contribution in [0.2, 0.25) is 0 Å². The van der Waals surface area contributed by atoms with Crippen LogP contribution in [0.4, 0.5) is 10.2 Å². The summed E-state index contributed by atoms with van der Waals surface area (Å²) in [5.74, 6) is -0.205. The molecule has 1 aliphatic rings. The van der Waals surface area contributed by atoms with E-state index in [1.54, 1.807) is 19.2 Å². The number of aryl methyl sites for hydroxylation is 1. The molecule has 2 aromatic rings. The molecular weight excluding hydrogens is 299 g/mol. The van der Waals surface area contributed by atoms with E-state index >= 15 is 0 Å². The lowest BCUT2D eigenvalue weighted by Crippen LogP contribution is -2.23. The molecule has 1 heterocycles. The van der Waals surface area contributed by atoms with Gasteiger partial charge in [-0.1, -0.05) is 12.1 Å². The molecule has 120 valence electrons. The number of carbonyl (C=O) groups is 2. The minimum Gasteiger partial charge on any atom is -0.347 e. The Labute approximate surface area is 132 Å². The van der Waals surface area contributed by atoms with Crippen molar-refractivity contribution in [1.29, 1.82) is 0 Å². The van der Waals surface area contributed by atoms with Gasteiger partial charge in [-0.25, -0.2) is 4.39 Å². The number of benzene rings is 1. The molecule has 2 amide bonds. The number of amides is 2. The van der Waals surface area contributed by atoms with E-state index in [1.165, 1.54) is 22.9 Å². The van der Waals surface area contributed by atoms with Gasteiger partial charge in [0.15, 0.2) is 5.69 Å². The van der Waals surface area contributed by atoms with Crippen molar-refractivity contribution < 1.29 is 14.0 Å². The Morgan fingerprint density at radius 3 is 2.83 bits per heavy atom. The van der Waals surface area contributed by atoms with Gasteiger partial charge in [0, 0.05) is 25.6 Å². The summed E-state index contributed by atoms with van der Waals surface area (Å²) in [6.07, 6.45) is 1.81. The third kappa shape index (κ3) is 3.74. The number of carbonyl (C=O) groups excluding carboxylic acids is 2. The van der Waals surface area contributed by atoms with Crippen LogP contribution < -0.4 is 10.6 Å². The monoisotopic (exact) mass is 316 g/mol. The van der Waals surface area contributed by atoms with Crippen LogP contribution in [0.1, 0.15) is 28.9 Å². The maximum absolute atomic E-state index is 13.1. The van der Waals surface area contributed by atoms with Crippen LogP contribution in [0.5, 0.6) is 0 Å². The maximum atomic E-state index is 13.1. The van der Waals surface area contributed by atoms with Gasteiger partial charge in [0.05, 0.1) is 0 Å². The molecule has 0 aliphatic heterocycles. The molecule has 1 aliphatic carbocycles. The van der Waals surface area contributed by atoms with Crippen LogP contribution in [0.25, 0.3) is 0 Å². The molecule has 1 fully saturated rings. The van der Waals surface area contributed by atoms with Crippen molar-refractivity contribution in [3.8, 4) is 0 Å². The number of aromatic nitrogens is 2. The van der Waals surface area contributed by atoms with E-state index in [0.29, 0.717) is 11.4 Å². The van der Waals surface area contributed by atoms with E-state index in [9.17, 15) is 14.0 Å². The van der Waals surface area contributed by atoms with Gasteiger partial charge in [0.2, 0.25) is 5.91 Å². The Morgan fingerprint density at radius 1 is 1.35 bits per heavy atom. The van der Waals surface area contributed by atoms with Crippen LogP contribution in [0, 0.1) is 11.7 Å². The van der Waals surface area contributed by atoms with Gasteiger partial charge in [0.1, 0.15) is 11.6 Å². The smallest absolute Gasteiger partial charge is 0.272 e. The third-order valence-electron chi connectivity index (χ3n) is 3.65. The summed E-state index contributed by atoms with van der Waals surface area (Å²) in [6.45, 7) is 0.205. The zero-order valence-corrected chi connectivity index (χ0v) is 12.7. The number of nitrogens with zero attached hydrogens (tertiary/aromatic N) is 2. The minimum atomic E-state index is -0.378. The van der Waals surface area contributed by atoms with E-state index in [1.807, 2.05) is 0 Å². The number of nitrogens with one attached hydrogen (secondary N) is 2. The highest BCUT2D eigenvalue weighted by molar-refractivity contribution is 5.96. The molecule has 1 aromatic carbocycles. The van der Waals surface area contributed by atoms with E-state index in [2.05, 4.69) is 15.7 Å². The van der Waals surface area contributed by atoms with Crippen molar-refractivity contribution in [1.82, 2.24) is 15.1 Å². The first-order valence-corrected chi connectivity index (χ1v) is 7.40. The van der Waals surface area contributed by atoms with Gasteiger partial charge >= 0.3 is 0 Å². The van der Waals surface area contributed by atoms with E-state index in [4.69, 9.17) is 0 Å².